The average molecular weight is 343 g/mol. The minimum atomic E-state index is -0.593. The van der Waals surface area contributed by atoms with Crippen LogP contribution in [0.1, 0.15) is 39.0 Å². The Morgan fingerprint density at radius 3 is 2.65 bits per heavy atom. The third-order valence-corrected chi connectivity index (χ3v) is 5.54. The lowest BCUT2D eigenvalue weighted by Crippen LogP contribution is -2.55. The Morgan fingerprint density at radius 1 is 1.30 bits per heavy atom. The van der Waals surface area contributed by atoms with Crippen LogP contribution in [-0.4, -0.2) is 59.2 Å². The summed E-state index contributed by atoms with van der Waals surface area (Å²) in [5, 5.41) is 2.44. The first-order valence-electron chi connectivity index (χ1n) is 8.35. The van der Waals surface area contributed by atoms with Crippen LogP contribution in [0.4, 0.5) is 0 Å². The van der Waals surface area contributed by atoms with Crippen molar-refractivity contribution in [3.05, 3.63) is 0 Å². The zero-order valence-corrected chi connectivity index (χ0v) is 14.1. The van der Waals surface area contributed by atoms with E-state index in [0.717, 1.165) is 25.7 Å². The van der Waals surface area contributed by atoms with Gasteiger partial charge in [-0.25, -0.2) is 0 Å². The van der Waals surface area contributed by atoms with E-state index in [9.17, 15) is 14.4 Å². The Morgan fingerprint density at radius 2 is 2.00 bits per heavy atom. The standard InChI is InChI=1S/C16H23ClN2O4/c1-9(20)18-13(10-5-3-2-4-6-10)16(22)19-7-11(17)15-14(19)12(21)8-23-15/h10-11,13-15H,2-8H2,1H3,(H,18,20)/t11-,13-,14+,15+/m0/s1. The number of likely N-dealkylation sites (tertiary alicyclic amines) is 1. The van der Waals surface area contributed by atoms with Crippen LogP contribution in [0.25, 0.3) is 0 Å². The number of nitrogens with zero attached hydrogens (tertiary/aromatic N) is 1. The minimum Gasteiger partial charge on any atom is -0.366 e. The predicted molar refractivity (Wildman–Crippen MR) is 84.1 cm³/mol. The van der Waals surface area contributed by atoms with Crippen LogP contribution in [0.2, 0.25) is 0 Å². The molecule has 1 aliphatic carbocycles. The van der Waals surface area contributed by atoms with Gasteiger partial charge in [-0.3, -0.25) is 14.4 Å². The molecule has 6 nitrogen and oxygen atoms in total. The van der Waals surface area contributed by atoms with E-state index in [1.165, 1.54) is 18.2 Å². The maximum Gasteiger partial charge on any atom is 0.246 e. The van der Waals surface area contributed by atoms with Gasteiger partial charge in [0, 0.05) is 13.5 Å². The van der Waals surface area contributed by atoms with E-state index in [0.29, 0.717) is 6.54 Å². The monoisotopic (exact) mass is 342 g/mol. The Hall–Kier alpha value is -1.14. The number of carbonyl (C=O) groups is 3. The topological polar surface area (TPSA) is 75.7 Å². The summed E-state index contributed by atoms with van der Waals surface area (Å²) in [6, 6.07) is -1.16. The quantitative estimate of drug-likeness (QED) is 0.772. The average Bonchev–Trinajstić information content (AvgIpc) is 3.07. The highest BCUT2D eigenvalue weighted by molar-refractivity contribution is 6.22. The third-order valence-electron chi connectivity index (χ3n) is 5.15. The number of ether oxygens (including phenoxy) is 1. The van der Waals surface area contributed by atoms with Gasteiger partial charge >= 0.3 is 0 Å². The van der Waals surface area contributed by atoms with Crippen LogP contribution in [0.5, 0.6) is 0 Å². The number of hydrogen-bond donors (Lipinski definition) is 1. The van der Waals surface area contributed by atoms with Gasteiger partial charge in [-0.15, -0.1) is 11.6 Å². The van der Waals surface area contributed by atoms with Gasteiger partial charge in [0.05, 0.1) is 5.38 Å². The second-order valence-corrected chi connectivity index (χ2v) is 7.33. The van der Waals surface area contributed by atoms with Gasteiger partial charge in [-0.2, -0.15) is 0 Å². The summed E-state index contributed by atoms with van der Waals surface area (Å²) < 4.78 is 5.43. The van der Waals surface area contributed by atoms with E-state index < -0.39 is 18.2 Å². The Balaban J connectivity index is 1.79. The molecule has 7 heteroatoms. The predicted octanol–water partition coefficient (Wildman–Crippen LogP) is 0.857. The number of ketones is 1. The number of alkyl halides is 1. The molecule has 2 heterocycles. The molecule has 3 fully saturated rings. The van der Waals surface area contributed by atoms with Gasteiger partial charge in [0.2, 0.25) is 11.8 Å². The van der Waals surface area contributed by atoms with E-state index in [-0.39, 0.29) is 35.5 Å². The summed E-state index contributed by atoms with van der Waals surface area (Å²) in [5.74, 6) is -0.382. The van der Waals surface area contributed by atoms with Crippen LogP contribution >= 0.6 is 11.6 Å². The highest BCUT2D eigenvalue weighted by atomic mass is 35.5. The first kappa shape index (κ1) is 16.7. The van der Waals surface area contributed by atoms with Crippen LogP contribution < -0.4 is 5.32 Å². The molecule has 2 saturated heterocycles. The third kappa shape index (κ3) is 3.24. The first-order chi connectivity index (χ1) is 11.0. The number of carbonyl (C=O) groups excluding carboxylic acids is 3. The van der Waals surface area contributed by atoms with Crippen molar-refractivity contribution >= 4 is 29.2 Å². The second-order valence-electron chi connectivity index (χ2n) is 6.77. The van der Waals surface area contributed by atoms with Crippen LogP contribution in [0, 0.1) is 5.92 Å². The lowest BCUT2D eigenvalue weighted by atomic mass is 9.83. The number of amides is 2. The van der Waals surface area contributed by atoms with Gasteiger partial charge < -0.3 is 15.0 Å². The van der Waals surface area contributed by atoms with Crippen molar-refractivity contribution in [1.29, 1.82) is 0 Å². The van der Waals surface area contributed by atoms with E-state index in [1.807, 2.05) is 0 Å². The summed E-state index contributed by atoms with van der Waals surface area (Å²) >= 11 is 6.26. The van der Waals surface area contributed by atoms with E-state index in [4.69, 9.17) is 16.3 Å². The van der Waals surface area contributed by atoms with Crippen molar-refractivity contribution in [2.75, 3.05) is 13.2 Å². The molecule has 2 amide bonds. The van der Waals surface area contributed by atoms with Gasteiger partial charge in [0.25, 0.3) is 0 Å². The number of Topliss-reactive ketones (excluding diaryl/α,β-unsaturated/α-hetero) is 1. The maximum absolute atomic E-state index is 13.1. The second kappa shape index (κ2) is 6.77. The molecule has 2 aliphatic heterocycles. The fourth-order valence-electron chi connectivity index (χ4n) is 4.07. The van der Waals surface area contributed by atoms with E-state index in [1.54, 1.807) is 0 Å². The molecule has 0 bridgehead atoms. The summed E-state index contributed by atoms with van der Waals surface area (Å²) in [7, 11) is 0. The van der Waals surface area contributed by atoms with Crippen molar-refractivity contribution in [2.45, 2.75) is 62.6 Å². The number of nitrogens with one attached hydrogen (secondary N) is 1. The lowest BCUT2D eigenvalue weighted by molar-refractivity contribution is -0.141. The highest BCUT2D eigenvalue weighted by Gasteiger charge is 2.53. The molecule has 0 aromatic carbocycles. The largest absolute Gasteiger partial charge is 0.366 e. The van der Waals surface area contributed by atoms with E-state index >= 15 is 0 Å². The smallest absolute Gasteiger partial charge is 0.246 e. The highest BCUT2D eigenvalue weighted by Crippen LogP contribution is 2.33. The van der Waals surface area contributed by atoms with Gasteiger partial charge in [0.15, 0.2) is 5.78 Å². The fraction of sp³-hybridized carbons (Fsp3) is 0.812. The van der Waals surface area contributed by atoms with Crippen molar-refractivity contribution in [3.63, 3.8) is 0 Å². The molecule has 128 valence electrons. The molecular formula is C16H23ClN2O4. The normalized spacial score (nSPS) is 32.7. The SMILES string of the molecule is CC(=O)N[C@H](C(=O)N1C[C@H](Cl)[C@H]2OCC(=O)[C@H]21)C1CCCCC1. The fourth-order valence-corrected chi connectivity index (χ4v) is 4.43. The summed E-state index contributed by atoms with van der Waals surface area (Å²) in [6.45, 7) is 1.73. The lowest BCUT2D eigenvalue weighted by Gasteiger charge is -2.33. The molecule has 0 aromatic rings. The number of halogens is 1. The molecule has 0 aromatic heterocycles. The van der Waals surface area contributed by atoms with Crippen LogP contribution in [0.15, 0.2) is 0 Å². The Labute approximate surface area is 140 Å². The van der Waals surface area contributed by atoms with E-state index in [2.05, 4.69) is 5.32 Å². The van der Waals surface area contributed by atoms with Crippen LogP contribution in [-0.2, 0) is 19.1 Å². The van der Waals surface area contributed by atoms with Crippen molar-refractivity contribution in [2.24, 2.45) is 5.92 Å². The summed E-state index contributed by atoms with van der Waals surface area (Å²) in [4.78, 5) is 38.2. The maximum atomic E-state index is 13.1. The molecule has 0 radical (unpaired) electrons. The summed E-state index contributed by atoms with van der Waals surface area (Å²) in [6.07, 6.45) is 4.74. The summed E-state index contributed by atoms with van der Waals surface area (Å²) in [5.41, 5.74) is 0. The van der Waals surface area contributed by atoms with Crippen molar-refractivity contribution in [1.82, 2.24) is 10.2 Å². The van der Waals surface area contributed by atoms with Crippen molar-refractivity contribution in [3.8, 4) is 0 Å². The van der Waals surface area contributed by atoms with Gasteiger partial charge in [-0.1, -0.05) is 19.3 Å². The molecule has 4 atom stereocenters. The zero-order valence-electron chi connectivity index (χ0n) is 13.3. The molecule has 3 aliphatic rings. The first-order valence-corrected chi connectivity index (χ1v) is 8.78. The zero-order chi connectivity index (χ0) is 16.6. The molecule has 3 rings (SSSR count). The molecule has 0 spiro atoms. The van der Waals surface area contributed by atoms with Gasteiger partial charge in [0.1, 0.15) is 24.8 Å². The molecule has 1 saturated carbocycles. The Kier molecular flexibility index (Phi) is 4.92. The Bertz CT molecular complexity index is 506. The molecule has 1 N–H and O–H groups in total. The molecular weight excluding hydrogens is 320 g/mol. The van der Waals surface area contributed by atoms with Crippen LogP contribution in [0.3, 0.4) is 0 Å². The number of rotatable bonds is 3. The minimum absolute atomic E-state index is 0.0105. The molecule has 0 unspecified atom stereocenters. The van der Waals surface area contributed by atoms with Crippen molar-refractivity contribution < 1.29 is 19.1 Å². The molecule has 23 heavy (non-hydrogen) atoms. The number of fused-ring (bicyclic) bond motifs is 1. The van der Waals surface area contributed by atoms with Gasteiger partial charge in [-0.05, 0) is 18.8 Å². The number of hydrogen-bond acceptors (Lipinski definition) is 4.